The highest BCUT2D eigenvalue weighted by Gasteiger charge is 2.56. The Hall–Kier alpha value is -3.54. The van der Waals surface area contributed by atoms with Crippen LogP contribution in [0.5, 0.6) is 0 Å². The van der Waals surface area contributed by atoms with E-state index < -0.39 is 17.1 Å². The van der Waals surface area contributed by atoms with Gasteiger partial charge in [0.05, 0.1) is 16.6 Å². The van der Waals surface area contributed by atoms with E-state index in [-0.39, 0.29) is 29.1 Å². The van der Waals surface area contributed by atoms with E-state index in [4.69, 9.17) is 0 Å². The van der Waals surface area contributed by atoms with E-state index in [2.05, 4.69) is 26.2 Å². The number of aryl methyl sites for hydroxylation is 1. The number of imide groups is 1. The number of pyridine rings is 1. The molecule has 11 heteroatoms. The van der Waals surface area contributed by atoms with Crippen LogP contribution in [0.25, 0.3) is 0 Å². The highest BCUT2D eigenvalue weighted by molar-refractivity contribution is 9.10. The molecule has 1 N–H and O–H groups in total. The minimum atomic E-state index is -0.751. The predicted molar refractivity (Wildman–Crippen MR) is 154 cm³/mol. The molecule has 0 saturated carbocycles. The summed E-state index contributed by atoms with van der Waals surface area (Å²) in [5, 5.41) is 2.62. The average molecular weight is 622 g/mol. The van der Waals surface area contributed by atoms with Gasteiger partial charge in [0, 0.05) is 33.3 Å². The smallest absolute Gasteiger partial charge is 0.308 e. The van der Waals surface area contributed by atoms with E-state index in [1.54, 1.807) is 54.9 Å². The molecule has 39 heavy (non-hydrogen) atoms. The highest BCUT2D eigenvalue weighted by Crippen LogP contribution is 2.53. The molecule has 0 bridgehead atoms. The summed E-state index contributed by atoms with van der Waals surface area (Å²) in [6.45, 7) is 1.75. The Morgan fingerprint density at radius 1 is 1.03 bits per heavy atom. The number of carbonyl (C=O) groups is 3. The molecule has 0 aliphatic carbocycles. The van der Waals surface area contributed by atoms with Crippen LogP contribution in [0.4, 0.5) is 11.4 Å². The Bertz CT molecular complexity index is 1650. The number of anilines is 2. The predicted octanol–water partition coefficient (Wildman–Crippen LogP) is 4.81. The molecule has 3 amide bonds. The van der Waals surface area contributed by atoms with E-state index in [1.165, 1.54) is 21.2 Å². The van der Waals surface area contributed by atoms with Crippen molar-refractivity contribution in [3.8, 4) is 0 Å². The lowest BCUT2D eigenvalue weighted by atomic mass is 9.84. The summed E-state index contributed by atoms with van der Waals surface area (Å²) in [4.78, 5) is 59.5. The SMILES string of the molecule is Cc1ccc(NC(=O)Cn2c3c(sc2=O)[C@H](c2cccnc2)C2C(=O)N(c4ccc(Br)cc4)C(=O)C2S3)cc1. The monoisotopic (exact) mass is 620 g/mol. The van der Waals surface area contributed by atoms with Crippen molar-refractivity contribution in [2.45, 2.75) is 29.7 Å². The number of hydrogen-bond donors (Lipinski definition) is 1. The average Bonchev–Trinajstić information content (AvgIpc) is 3.37. The molecule has 8 nitrogen and oxygen atoms in total. The summed E-state index contributed by atoms with van der Waals surface area (Å²) in [6, 6.07) is 18.0. The number of benzene rings is 2. The van der Waals surface area contributed by atoms with Crippen molar-refractivity contribution in [2.75, 3.05) is 10.2 Å². The van der Waals surface area contributed by atoms with Gasteiger partial charge in [0.1, 0.15) is 11.8 Å². The Balaban J connectivity index is 1.39. The van der Waals surface area contributed by atoms with E-state index in [9.17, 15) is 19.2 Å². The minimum absolute atomic E-state index is 0.207. The maximum atomic E-state index is 13.8. The number of thiazole rings is 1. The van der Waals surface area contributed by atoms with Gasteiger partial charge in [-0.2, -0.15) is 0 Å². The Morgan fingerprint density at radius 2 is 1.77 bits per heavy atom. The largest absolute Gasteiger partial charge is 0.325 e. The van der Waals surface area contributed by atoms with Crippen LogP contribution in [-0.2, 0) is 20.9 Å². The lowest BCUT2D eigenvalue weighted by Gasteiger charge is -2.30. The molecular formula is C28H21BrN4O4S2. The molecular weight excluding hydrogens is 600 g/mol. The number of aromatic nitrogens is 2. The molecule has 0 radical (unpaired) electrons. The molecule has 1 fully saturated rings. The maximum absolute atomic E-state index is 13.8. The van der Waals surface area contributed by atoms with Gasteiger partial charge in [-0.05, 0) is 55.0 Å². The summed E-state index contributed by atoms with van der Waals surface area (Å²) in [5.74, 6) is -2.27. The number of fused-ring (bicyclic) bond motifs is 2. The van der Waals surface area contributed by atoms with E-state index in [0.29, 0.717) is 21.3 Å². The standard InChI is InChI=1S/C28H21BrN4O4S2/c1-15-4-8-18(9-5-15)31-20(34)14-32-27-24(39-28(32)37)21(16-3-2-12-30-13-16)22-23(38-27)26(36)33(25(22)35)19-10-6-17(29)7-11-19/h2-13,21-23H,14H2,1H3,(H,31,34)/t21-,22?,23?/m1/s1. The van der Waals surface area contributed by atoms with Crippen LogP contribution in [0.3, 0.4) is 0 Å². The number of amides is 3. The van der Waals surface area contributed by atoms with Crippen LogP contribution >= 0.6 is 39.0 Å². The van der Waals surface area contributed by atoms with Gasteiger partial charge in [-0.1, -0.05) is 62.8 Å². The Kier molecular flexibility index (Phi) is 6.74. The first-order valence-corrected chi connectivity index (χ1v) is 14.6. The fourth-order valence-corrected chi connectivity index (χ4v) is 8.04. The maximum Gasteiger partial charge on any atom is 0.308 e. The van der Waals surface area contributed by atoms with Crippen LogP contribution in [0, 0.1) is 12.8 Å². The second-order valence-electron chi connectivity index (χ2n) is 9.35. The summed E-state index contributed by atoms with van der Waals surface area (Å²) in [7, 11) is 0. The topological polar surface area (TPSA) is 101 Å². The number of carbonyl (C=O) groups excluding carboxylic acids is 3. The summed E-state index contributed by atoms with van der Waals surface area (Å²) >= 11 is 5.60. The lowest BCUT2D eigenvalue weighted by molar-refractivity contribution is -0.122. The van der Waals surface area contributed by atoms with Gasteiger partial charge in [0.2, 0.25) is 17.7 Å². The van der Waals surface area contributed by atoms with Gasteiger partial charge < -0.3 is 5.32 Å². The van der Waals surface area contributed by atoms with Crippen molar-refractivity contribution in [1.29, 1.82) is 0 Å². The molecule has 3 atom stereocenters. The molecule has 2 unspecified atom stereocenters. The molecule has 1 saturated heterocycles. The van der Waals surface area contributed by atoms with Crippen molar-refractivity contribution in [3.05, 3.63) is 103 Å². The molecule has 2 aromatic carbocycles. The van der Waals surface area contributed by atoms with Gasteiger partial charge in [0.15, 0.2) is 0 Å². The van der Waals surface area contributed by atoms with Crippen LogP contribution in [0.1, 0.15) is 21.9 Å². The van der Waals surface area contributed by atoms with Crippen molar-refractivity contribution >= 4 is 68.1 Å². The van der Waals surface area contributed by atoms with E-state index in [1.807, 2.05) is 25.1 Å². The molecule has 4 aromatic rings. The summed E-state index contributed by atoms with van der Waals surface area (Å²) in [5.41, 5.74) is 2.93. The summed E-state index contributed by atoms with van der Waals surface area (Å²) < 4.78 is 2.24. The second-order valence-corrected chi connectivity index (χ2v) is 12.4. The number of nitrogens with one attached hydrogen (secondary N) is 1. The van der Waals surface area contributed by atoms with E-state index in [0.717, 1.165) is 26.9 Å². The lowest BCUT2D eigenvalue weighted by Crippen LogP contribution is -2.33. The van der Waals surface area contributed by atoms with Gasteiger partial charge in [-0.3, -0.25) is 28.7 Å². The highest BCUT2D eigenvalue weighted by atomic mass is 79.9. The third-order valence-corrected chi connectivity index (χ3v) is 9.95. The first-order valence-electron chi connectivity index (χ1n) is 12.1. The van der Waals surface area contributed by atoms with Crippen molar-refractivity contribution in [2.24, 2.45) is 5.92 Å². The molecule has 2 aliphatic heterocycles. The fourth-order valence-electron chi connectivity index (χ4n) is 5.00. The molecule has 2 aromatic heterocycles. The number of rotatable bonds is 5. The Morgan fingerprint density at radius 3 is 2.46 bits per heavy atom. The summed E-state index contributed by atoms with van der Waals surface area (Å²) in [6.07, 6.45) is 3.30. The third kappa shape index (κ3) is 4.64. The first kappa shape index (κ1) is 25.7. The number of thioether (sulfide) groups is 1. The fraction of sp³-hybridized carbons (Fsp3) is 0.179. The van der Waals surface area contributed by atoms with Crippen LogP contribution in [-0.4, -0.2) is 32.5 Å². The molecule has 2 aliphatic rings. The van der Waals surface area contributed by atoms with Crippen molar-refractivity contribution in [1.82, 2.24) is 9.55 Å². The minimum Gasteiger partial charge on any atom is -0.325 e. The van der Waals surface area contributed by atoms with Crippen molar-refractivity contribution < 1.29 is 14.4 Å². The van der Waals surface area contributed by atoms with Crippen molar-refractivity contribution in [3.63, 3.8) is 0 Å². The quantitative estimate of drug-likeness (QED) is 0.321. The van der Waals surface area contributed by atoms with E-state index >= 15 is 0 Å². The van der Waals surface area contributed by atoms with Crippen LogP contribution < -0.4 is 15.1 Å². The van der Waals surface area contributed by atoms with Gasteiger partial charge in [-0.15, -0.1) is 0 Å². The van der Waals surface area contributed by atoms with Gasteiger partial charge in [0.25, 0.3) is 0 Å². The Labute approximate surface area is 240 Å². The van der Waals surface area contributed by atoms with Crippen LogP contribution in [0.2, 0.25) is 0 Å². The molecule has 4 heterocycles. The normalized spacial score (nSPS) is 20.1. The number of halogens is 1. The second kappa shape index (κ2) is 10.2. The number of hydrogen-bond acceptors (Lipinski definition) is 7. The zero-order chi connectivity index (χ0) is 27.3. The molecule has 0 spiro atoms. The number of nitrogens with zero attached hydrogens (tertiary/aromatic N) is 3. The molecule has 6 rings (SSSR count). The zero-order valence-corrected chi connectivity index (χ0v) is 23.8. The first-order chi connectivity index (χ1) is 18.8. The molecule has 196 valence electrons. The third-order valence-electron chi connectivity index (χ3n) is 6.81. The zero-order valence-electron chi connectivity index (χ0n) is 20.5. The van der Waals surface area contributed by atoms with Gasteiger partial charge >= 0.3 is 4.87 Å². The van der Waals surface area contributed by atoms with Crippen LogP contribution in [0.15, 0.2) is 87.4 Å². The van der Waals surface area contributed by atoms with Gasteiger partial charge in [-0.25, -0.2) is 4.90 Å².